The van der Waals surface area contributed by atoms with Crippen LogP contribution in [0.3, 0.4) is 0 Å². The van der Waals surface area contributed by atoms with Gasteiger partial charge in [-0.1, -0.05) is 76.6 Å². The van der Waals surface area contributed by atoms with Crippen LogP contribution in [0.4, 0.5) is 0 Å². The van der Waals surface area contributed by atoms with Crippen LogP contribution in [-0.4, -0.2) is 20.9 Å². The molecule has 6 rings (SSSR count). The smallest absolute Gasteiger partial charge is 0.216 e. The number of pyridine rings is 2. The molecule has 42 heavy (non-hydrogen) atoms. The maximum atomic E-state index is 11.0. The Balaban J connectivity index is 0.000000292. The van der Waals surface area contributed by atoms with Crippen molar-refractivity contribution in [3.63, 3.8) is 0 Å². The fourth-order valence-electron chi connectivity index (χ4n) is 5.48. The van der Waals surface area contributed by atoms with Crippen molar-refractivity contribution in [2.45, 2.75) is 73.1 Å². The normalized spacial score (nSPS) is 14.0. The van der Waals surface area contributed by atoms with Crippen molar-refractivity contribution >= 4 is 38.6 Å². The Labute approximate surface area is 261 Å². The molecule has 1 aliphatic rings. The summed E-state index contributed by atoms with van der Waals surface area (Å²) in [5.41, 5.74) is 6.81. The van der Waals surface area contributed by atoms with Gasteiger partial charge in [-0.15, -0.1) is 17.7 Å². The largest absolute Gasteiger partial charge is 0.512 e. The zero-order valence-electron chi connectivity index (χ0n) is 25.2. The van der Waals surface area contributed by atoms with Crippen molar-refractivity contribution < 1.29 is 34.4 Å². The molecule has 0 spiro atoms. The molecule has 1 radical (unpaired) electrons. The van der Waals surface area contributed by atoms with E-state index in [1.54, 1.807) is 0 Å². The Hall–Kier alpha value is -3.34. The molecular weight excluding hydrogens is 701 g/mol. The van der Waals surface area contributed by atoms with E-state index in [2.05, 4.69) is 54.4 Å². The van der Waals surface area contributed by atoms with Crippen LogP contribution < -0.4 is 0 Å². The molecule has 3 heterocycles. The first-order valence-electron chi connectivity index (χ1n) is 14.7. The number of allylic oxidation sites excluding steroid dienone is 2. The number of benzene rings is 2. The quantitative estimate of drug-likeness (QED) is 0.110. The number of fused-ring (bicyclic) bond motifs is 4. The van der Waals surface area contributed by atoms with Crippen LogP contribution in [0.2, 0.25) is 0 Å². The van der Waals surface area contributed by atoms with Crippen molar-refractivity contribution in [1.82, 2.24) is 9.97 Å². The van der Waals surface area contributed by atoms with Gasteiger partial charge in [-0.05, 0) is 65.9 Å². The molecule has 0 atom stereocenters. The molecule has 0 saturated heterocycles. The van der Waals surface area contributed by atoms with Crippen LogP contribution in [0.15, 0.2) is 64.9 Å². The molecule has 221 valence electrons. The average molecular weight is 740 g/mol. The van der Waals surface area contributed by atoms with E-state index in [1.165, 1.54) is 42.7 Å². The van der Waals surface area contributed by atoms with Gasteiger partial charge in [-0.3, -0.25) is 4.79 Å². The van der Waals surface area contributed by atoms with E-state index in [1.807, 2.05) is 46.9 Å². The minimum atomic E-state index is -0.0316. The molecule has 0 amide bonds. The number of nitrogens with zero attached hydrogens (tertiary/aromatic N) is 2. The van der Waals surface area contributed by atoms with Crippen molar-refractivity contribution in [3.05, 3.63) is 83.4 Å². The van der Waals surface area contributed by atoms with Crippen LogP contribution >= 0.6 is 0 Å². The molecule has 0 aliphatic heterocycles. The van der Waals surface area contributed by atoms with Crippen molar-refractivity contribution in [1.29, 1.82) is 0 Å². The first-order valence-corrected chi connectivity index (χ1v) is 14.7. The fourth-order valence-corrected chi connectivity index (χ4v) is 5.48. The van der Waals surface area contributed by atoms with Crippen molar-refractivity contribution in [2.24, 2.45) is 11.8 Å². The molecular formula is C36H39IrN2O3-. The number of aryl methyl sites for hydroxylation is 2. The molecule has 5 nitrogen and oxygen atoms in total. The van der Waals surface area contributed by atoms with Gasteiger partial charge in [0, 0.05) is 55.3 Å². The van der Waals surface area contributed by atoms with Gasteiger partial charge in [0.05, 0.1) is 11.3 Å². The van der Waals surface area contributed by atoms with Crippen LogP contribution in [0.5, 0.6) is 0 Å². The van der Waals surface area contributed by atoms with E-state index in [4.69, 9.17) is 9.40 Å². The third-order valence-electron chi connectivity index (χ3n) is 7.95. The van der Waals surface area contributed by atoms with Gasteiger partial charge in [-0.25, -0.2) is 4.98 Å². The number of furan rings is 1. The molecule has 2 aromatic carbocycles. The third-order valence-corrected chi connectivity index (χ3v) is 7.95. The van der Waals surface area contributed by atoms with Gasteiger partial charge >= 0.3 is 0 Å². The summed E-state index contributed by atoms with van der Waals surface area (Å²) in [6, 6.07) is 18.8. The van der Waals surface area contributed by atoms with Crippen LogP contribution in [0.1, 0.15) is 76.1 Å². The summed E-state index contributed by atoms with van der Waals surface area (Å²) in [5.74, 6) is 0.862. The van der Waals surface area contributed by atoms with Gasteiger partial charge in [0.2, 0.25) is 5.71 Å². The SMILES string of the molecule is CC(C)C(=O)/C=C(\O)C(C)C.Cc1[c-]c(-c2nccc3cc(C4CCCC4)ccc23)c2oc3nc(C)ccc3c2c1.[Ir]. The summed E-state index contributed by atoms with van der Waals surface area (Å²) in [5, 5.41) is 13.7. The Morgan fingerprint density at radius 3 is 2.38 bits per heavy atom. The fraction of sp³-hybridized carbons (Fsp3) is 0.361. The Kier molecular flexibility index (Phi) is 10.0. The van der Waals surface area contributed by atoms with Crippen LogP contribution in [0, 0.1) is 31.7 Å². The summed E-state index contributed by atoms with van der Waals surface area (Å²) >= 11 is 0. The Bertz CT molecular complexity index is 1760. The number of carbonyl (C=O) groups excluding carboxylic acids is 1. The van der Waals surface area contributed by atoms with E-state index in [9.17, 15) is 9.90 Å². The molecule has 0 unspecified atom stereocenters. The molecule has 1 saturated carbocycles. The Morgan fingerprint density at radius 2 is 1.69 bits per heavy atom. The average Bonchev–Trinajstić information content (AvgIpc) is 3.60. The Morgan fingerprint density at radius 1 is 0.976 bits per heavy atom. The maximum absolute atomic E-state index is 11.0. The predicted octanol–water partition coefficient (Wildman–Crippen LogP) is 9.58. The molecule has 3 aromatic heterocycles. The number of rotatable bonds is 5. The third kappa shape index (κ3) is 6.66. The van der Waals surface area contributed by atoms with Gasteiger partial charge < -0.3 is 14.5 Å². The predicted molar refractivity (Wildman–Crippen MR) is 167 cm³/mol. The summed E-state index contributed by atoms with van der Waals surface area (Å²) in [6.07, 6.45) is 8.53. The zero-order valence-corrected chi connectivity index (χ0v) is 27.6. The summed E-state index contributed by atoms with van der Waals surface area (Å²) < 4.78 is 6.25. The molecule has 1 fully saturated rings. The van der Waals surface area contributed by atoms with Crippen molar-refractivity contribution in [2.75, 3.05) is 0 Å². The van der Waals surface area contributed by atoms with E-state index >= 15 is 0 Å². The number of aliphatic hydroxyl groups excluding tert-OH is 1. The molecule has 0 bridgehead atoms. The van der Waals surface area contributed by atoms with Gasteiger partial charge in [-0.2, -0.15) is 0 Å². The number of hydrogen-bond donors (Lipinski definition) is 1. The maximum Gasteiger partial charge on any atom is 0.216 e. The monoisotopic (exact) mass is 740 g/mol. The minimum Gasteiger partial charge on any atom is -0.512 e. The molecule has 5 aromatic rings. The van der Waals surface area contributed by atoms with Crippen molar-refractivity contribution in [3.8, 4) is 11.3 Å². The van der Waals surface area contributed by atoms with E-state index in [0.717, 1.165) is 44.3 Å². The topological polar surface area (TPSA) is 76.2 Å². The van der Waals surface area contributed by atoms with Crippen LogP contribution in [0.25, 0.3) is 44.1 Å². The first kappa shape index (κ1) is 31.6. The minimum absolute atomic E-state index is 0. The van der Waals surface area contributed by atoms with E-state index in [0.29, 0.717) is 11.6 Å². The zero-order chi connectivity index (χ0) is 29.3. The molecule has 1 aliphatic carbocycles. The first-order chi connectivity index (χ1) is 19.6. The van der Waals surface area contributed by atoms with Crippen LogP contribution in [-0.2, 0) is 24.9 Å². The molecule has 1 N–H and O–H groups in total. The summed E-state index contributed by atoms with van der Waals surface area (Å²) in [7, 11) is 0. The number of ketones is 1. The second kappa shape index (κ2) is 13.3. The second-order valence-electron chi connectivity index (χ2n) is 11.9. The number of hydrogen-bond acceptors (Lipinski definition) is 5. The van der Waals surface area contributed by atoms with Gasteiger partial charge in [0.15, 0.2) is 5.78 Å². The van der Waals surface area contributed by atoms with Gasteiger partial charge in [0.1, 0.15) is 0 Å². The standard InChI is InChI=1S/C27H23N2O.C9H16O2.Ir/c1-16-13-23-22-9-7-17(2)29-27(22)30-26(23)24(14-16)25-21-10-8-19(18-5-3-4-6-18)15-20(21)11-12-28-25;1-6(2)8(10)5-9(11)7(3)4;/h7-13,15,18H,3-6H2,1-2H3;5-7,10H,1-4H3;/q-1;;/b;8-5-;. The second-order valence-corrected chi connectivity index (χ2v) is 11.9. The summed E-state index contributed by atoms with van der Waals surface area (Å²) in [4.78, 5) is 20.4. The number of aromatic nitrogens is 2. The van der Waals surface area contributed by atoms with E-state index < -0.39 is 0 Å². The van der Waals surface area contributed by atoms with Gasteiger partial charge in [0.25, 0.3) is 0 Å². The molecule has 6 heteroatoms. The van der Waals surface area contributed by atoms with E-state index in [-0.39, 0.29) is 43.5 Å². The summed E-state index contributed by atoms with van der Waals surface area (Å²) in [6.45, 7) is 11.4. The number of carbonyl (C=O) groups is 1. The number of aliphatic hydroxyl groups is 1.